The number of halogens is 3. The van der Waals surface area contributed by atoms with Gasteiger partial charge in [0, 0.05) is 25.3 Å². The number of piperazine rings is 1. The number of hydrogen-bond acceptors (Lipinski definition) is 5. The van der Waals surface area contributed by atoms with E-state index in [1.54, 1.807) is 29.2 Å². The van der Waals surface area contributed by atoms with Gasteiger partial charge in [0.25, 0.3) is 0 Å². The summed E-state index contributed by atoms with van der Waals surface area (Å²) in [7, 11) is 1.53. The second-order valence-electron chi connectivity index (χ2n) is 7.32. The summed E-state index contributed by atoms with van der Waals surface area (Å²) < 4.78 is 45.0. The van der Waals surface area contributed by atoms with Crippen LogP contribution in [0, 0.1) is 11.3 Å². The maximum Gasteiger partial charge on any atom is 0.417 e. The van der Waals surface area contributed by atoms with E-state index in [-0.39, 0.29) is 37.6 Å². The molecular formula is C22H21F3N4O3. The van der Waals surface area contributed by atoms with E-state index in [9.17, 15) is 22.8 Å². The molecule has 1 atom stereocenters. The highest BCUT2D eigenvalue weighted by Crippen LogP contribution is 2.35. The van der Waals surface area contributed by atoms with Gasteiger partial charge in [0.15, 0.2) is 0 Å². The van der Waals surface area contributed by atoms with Crippen molar-refractivity contribution in [3.05, 3.63) is 59.2 Å². The number of anilines is 1. The number of alkyl halides is 3. The van der Waals surface area contributed by atoms with Crippen molar-refractivity contribution >= 4 is 17.5 Å². The summed E-state index contributed by atoms with van der Waals surface area (Å²) in [6, 6.07) is 10.8. The number of rotatable bonds is 5. The highest BCUT2D eigenvalue weighted by Gasteiger charge is 2.37. The lowest BCUT2D eigenvalue weighted by molar-refractivity contribution is -0.139. The first kappa shape index (κ1) is 22.9. The number of carbonyl (C=O) groups is 2. The molecule has 1 aliphatic heterocycles. The van der Waals surface area contributed by atoms with Crippen LogP contribution < -0.4 is 15.4 Å². The third-order valence-electron chi connectivity index (χ3n) is 5.34. The molecule has 0 bridgehead atoms. The first-order valence-electron chi connectivity index (χ1n) is 9.72. The van der Waals surface area contributed by atoms with E-state index < -0.39 is 29.3 Å². The molecule has 1 saturated heterocycles. The van der Waals surface area contributed by atoms with Crippen molar-refractivity contribution in [1.82, 2.24) is 4.90 Å². The van der Waals surface area contributed by atoms with E-state index in [0.717, 1.165) is 17.7 Å². The monoisotopic (exact) mass is 446 g/mol. The molecule has 32 heavy (non-hydrogen) atoms. The largest absolute Gasteiger partial charge is 0.497 e. The lowest BCUT2D eigenvalue weighted by Gasteiger charge is -2.41. The van der Waals surface area contributed by atoms with Crippen LogP contribution in [-0.2, 0) is 22.2 Å². The number of ether oxygens (including phenoxy) is 1. The fourth-order valence-corrected chi connectivity index (χ4v) is 3.64. The summed E-state index contributed by atoms with van der Waals surface area (Å²) in [5.41, 5.74) is 4.90. The molecule has 2 N–H and O–H groups in total. The Morgan fingerprint density at radius 2 is 1.88 bits per heavy atom. The molecule has 0 saturated carbocycles. The minimum absolute atomic E-state index is 0.0445. The third-order valence-corrected chi connectivity index (χ3v) is 5.34. The molecule has 0 spiro atoms. The number of amides is 2. The van der Waals surface area contributed by atoms with Gasteiger partial charge in [-0.1, -0.05) is 12.1 Å². The Kier molecular flexibility index (Phi) is 6.58. The molecule has 10 heteroatoms. The average Bonchev–Trinajstić information content (AvgIpc) is 2.78. The number of benzene rings is 2. The standard InChI is InChI=1S/C22H21F3N4O3/c1-32-17-6-2-14(3-7-17)10-20(30)29-9-8-28(13-19(29)21(27)31)16-5-4-15(12-26)18(11-16)22(23,24)25/h2-7,11,19H,8-10,13H2,1H3,(H2,27,31). The lowest BCUT2D eigenvalue weighted by atomic mass is 10.0. The Morgan fingerprint density at radius 1 is 1.19 bits per heavy atom. The van der Waals surface area contributed by atoms with E-state index in [1.165, 1.54) is 24.1 Å². The van der Waals surface area contributed by atoms with Gasteiger partial charge in [-0.2, -0.15) is 18.4 Å². The predicted octanol–water partition coefficient (Wildman–Crippen LogP) is 2.33. The van der Waals surface area contributed by atoms with Gasteiger partial charge < -0.3 is 20.3 Å². The molecular weight excluding hydrogens is 425 g/mol. The molecule has 0 radical (unpaired) electrons. The van der Waals surface area contributed by atoms with Crippen molar-refractivity contribution in [2.24, 2.45) is 5.73 Å². The van der Waals surface area contributed by atoms with Gasteiger partial charge in [-0.15, -0.1) is 0 Å². The number of methoxy groups -OCH3 is 1. The Hall–Kier alpha value is -3.74. The summed E-state index contributed by atoms with van der Waals surface area (Å²) in [4.78, 5) is 27.8. The first-order valence-corrected chi connectivity index (χ1v) is 9.72. The highest BCUT2D eigenvalue weighted by atomic mass is 19.4. The molecule has 2 aromatic rings. The second kappa shape index (κ2) is 9.18. The van der Waals surface area contributed by atoms with Crippen molar-refractivity contribution in [2.75, 3.05) is 31.6 Å². The zero-order valence-corrected chi connectivity index (χ0v) is 17.2. The molecule has 168 valence electrons. The van der Waals surface area contributed by atoms with Crippen LogP contribution in [-0.4, -0.2) is 49.5 Å². The maximum atomic E-state index is 13.3. The van der Waals surface area contributed by atoms with Crippen molar-refractivity contribution in [1.29, 1.82) is 5.26 Å². The number of nitrogens with two attached hydrogens (primary N) is 1. The Labute approximate surface area is 182 Å². The Morgan fingerprint density at radius 3 is 2.44 bits per heavy atom. The van der Waals surface area contributed by atoms with Crippen LogP contribution in [0.25, 0.3) is 0 Å². The van der Waals surface area contributed by atoms with Crippen LogP contribution in [0.5, 0.6) is 5.75 Å². The molecule has 2 amide bonds. The summed E-state index contributed by atoms with van der Waals surface area (Å²) in [6.07, 6.45) is -4.65. The predicted molar refractivity (Wildman–Crippen MR) is 110 cm³/mol. The Balaban J connectivity index is 1.78. The van der Waals surface area contributed by atoms with Crippen LogP contribution in [0.4, 0.5) is 18.9 Å². The summed E-state index contributed by atoms with van der Waals surface area (Å²) in [5.74, 6) is -0.414. The molecule has 3 rings (SSSR count). The molecule has 1 unspecified atom stereocenters. The highest BCUT2D eigenvalue weighted by molar-refractivity contribution is 5.88. The summed E-state index contributed by atoms with van der Waals surface area (Å²) in [6.45, 7) is 0.276. The molecule has 0 aromatic heterocycles. The van der Waals surface area contributed by atoms with Crippen molar-refractivity contribution in [2.45, 2.75) is 18.6 Å². The molecule has 7 nitrogen and oxygen atoms in total. The first-order chi connectivity index (χ1) is 15.1. The Bertz CT molecular complexity index is 1050. The SMILES string of the molecule is COc1ccc(CC(=O)N2CCN(c3ccc(C#N)c(C(F)(F)F)c3)CC2C(N)=O)cc1. The van der Waals surface area contributed by atoms with Crippen molar-refractivity contribution in [3.63, 3.8) is 0 Å². The van der Waals surface area contributed by atoms with Crippen molar-refractivity contribution in [3.8, 4) is 11.8 Å². The zero-order chi connectivity index (χ0) is 23.5. The smallest absolute Gasteiger partial charge is 0.417 e. The van der Waals surface area contributed by atoms with Gasteiger partial charge in [0.1, 0.15) is 11.8 Å². The number of carbonyl (C=O) groups excluding carboxylic acids is 2. The van der Waals surface area contributed by atoms with Gasteiger partial charge in [0.2, 0.25) is 11.8 Å². The fraction of sp³-hybridized carbons (Fsp3) is 0.318. The van der Waals surface area contributed by atoms with E-state index in [1.807, 2.05) is 0 Å². The normalized spacial score (nSPS) is 16.4. The quantitative estimate of drug-likeness (QED) is 0.760. The van der Waals surface area contributed by atoms with E-state index >= 15 is 0 Å². The second-order valence-corrected chi connectivity index (χ2v) is 7.32. The minimum atomic E-state index is -4.69. The average molecular weight is 446 g/mol. The van der Waals surface area contributed by atoms with E-state index in [4.69, 9.17) is 15.7 Å². The van der Waals surface area contributed by atoms with E-state index in [0.29, 0.717) is 5.75 Å². The minimum Gasteiger partial charge on any atom is -0.497 e. The van der Waals surface area contributed by atoms with Crippen LogP contribution in [0.15, 0.2) is 42.5 Å². The zero-order valence-electron chi connectivity index (χ0n) is 17.2. The molecule has 1 heterocycles. The summed E-state index contributed by atoms with van der Waals surface area (Å²) >= 11 is 0. The number of hydrogen-bond donors (Lipinski definition) is 1. The third kappa shape index (κ3) is 4.94. The molecule has 0 aliphatic carbocycles. The van der Waals surface area contributed by atoms with Gasteiger partial charge in [-0.25, -0.2) is 0 Å². The molecule has 1 fully saturated rings. The van der Waals surface area contributed by atoms with Crippen LogP contribution in [0.3, 0.4) is 0 Å². The molecule has 2 aromatic carbocycles. The van der Waals surface area contributed by atoms with Crippen molar-refractivity contribution < 1.29 is 27.5 Å². The van der Waals surface area contributed by atoms with Crippen LogP contribution in [0.2, 0.25) is 0 Å². The maximum absolute atomic E-state index is 13.3. The fourth-order valence-electron chi connectivity index (χ4n) is 3.64. The number of primary amides is 1. The van der Waals surface area contributed by atoms with Gasteiger partial charge >= 0.3 is 6.18 Å². The summed E-state index contributed by atoms with van der Waals surface area (Å²) in [5, 5.41) is 8.97. The van der Waals surface area contributed by atoms with Gasteiger partial charge in [-0.05, 0) is 35.9 Å². The lowest BCUT2D eigenvalue weighted by Crippen LogP contribution is -2.60. The van der Waals surface area contributed by atoms with Gasteiger partial charge in [0.05, 0.1) is 30.7 Å². The van der Waals surface area contributed by atoms with Crippen LogP contribution in [0.1, 0.15) is 16.7 Å². The van der Waals surface area contributed by atoms with E-state index in [2.05, 4.69) is 0 Å². The number of nitrogens with zero attached hydrogens (tertiary/aromatic N) is 3. The number of nitriles is 1. The topological polar surface area (TPSA) is 99.7 Å². The van der Waals surface area contributed by atoms with Gasteiger partial charge in [-0.3, -0.25) is 9.59 Å². The molecule has 1 aliphatic rings. The van der Waals surface area contributed by atoms with Crippen LogP contribution >= 0.6 is 0 Å².